The minimum Gasteiger partial charge on any atom is -0.486 e. The van der Waals surface area contributed by atoms with Gasteiger partial charge in [-0.3, -0.25) is 0 Å². The molecule has 4 nitrogen and oxygen atoms in total. The van der Waals surface area contributed by atoms with Crippen molar-refractivity contribution in [1.82, 2.24) is 5.32 Å². The second-order valence-electron chi connectivity index (χ2n) is 5.34. The molecule has 0 saturated carbocycles. The molecule has 104 valence electrons. The Kier molecular flexibility index (Phi) is 3.51. The molecule has 2 aliphatic rings. The maximum absolute atomic E-state index is 5.68. The molecule has 1 aromatic rings. The summed E-state index contributed by atoms with van der Waals surface area (Å²) in [5, 5.41) is 3.58. The third-order valence-corrected chi connectivity index (χ3v) is 4.00. The van der Waals surface area contributed by atoms with E-state index in [4.69, 9.17) is 9.47 Å². The van der Waals surface area contributed by atoms with Crippen LogP contribution in [0, 0.1) is 0 Å². The van der Waals surface area contributed by atoms with Gasteiger partial charge in [-0.15, -0.1) is 0 Å². The van der Waals surface area contributed by atoms with Gasteiger partial charge in [-0.2, -0.15) is 0 Å². The van der Waals surface area contributed by atoms with E-state index in [9.17, 15) is 0 Å². The molecule has 4 heteroatoms. The van der Waals surface area contributed by atoms with Gasteiger partial charge < -0.3 is 19.7 Å². The number of piperazine rings is 1. The molecule has 0 radical (unpaired) electrons. The molecule has 2 aliphatic heterocycles. The summed E-state index contributed by atoms with van der Waals surface area (Å²) in [5.41, 5.74) is 1.23. The number of nitrogens with zero attached hydrogens (tertiary/aromatic N) is 1. The highest BCUT2D eigenvalue weighted by molar-refractivity contribution is 5.57. The number of rotatable bonds is 2. The van der Waals surface area contributed by atoms with E-state index in [-0.39, 0.29) is 0 Å². The molecule has 2 heterocycles. The predicted octanol–water partition coefficient (Wildman–Crippen LogP) is 2.03. The van der Waals surface area contributed by atoms with Crippen LogP contribution in [0.25, 0.3) is 0 Å². The van der Waals surface area contributed by atoms with Crippen LogP contribution in [-0.2, 0) is 0 Å². The zero-order valence-electron chi connectivity index (χ0n) is 11.7. The van der Waals surface area contributed by atoms with Gasteiger partial charge in [0, 0.05) is 36.9 Å². The largest absolute Gasteiger partial charge is 0.486 e. The first-order valence-corrected chi connectivity index (χ1v) is 7.17. The van der Waals surface area contributed by atoms with Gasteiger partial charge in [-0.25, -0.2) is 0 Å². The van der Waals surface area contributed by atoms with E-state index in [2.05, 4.69) is 36.2 Å². The molecule has 0 bridgehead atoms. The van der Waals surface area contributed by atoms with Crippen LogP contribution >= 0.6 is 0 Å². The Balaban J connectivity index is 1.84. The lowest BCUT2D eigenvalue weighted by molar-refractivity contribution is 0.171. The number of nitrogens with one attached hydrogen (secondary N) is 1. The van der Waals surface area contributed by atoms with Gasteiger partial charge in [-0.05, 0) is 25.5 Å². The highest BCUT2D eigenvalue weighted by Crippen LogP contribution is 2.35. The van der Waals surface area contributed by atoms with Gasteiger partial charge in [0.05, 0.1) is 0 Å². The van der Waals surface area contributed by atoms with Crippen LogP contribution < -0.4 is 19.7 Å². The third kappa shape index (κ3) is 2.50. The van der Waals surface area contributed by atoms with E-state index >= 15 is 0 Å². The second-order valence-corrected chi connectivity index (χ2v) is 5.34. The van der Waals surface area contributed by atoms with Gasteiger partial charge >= 0.3 is 0 Å². The Morgan fingerprint density at radius 1 is 1.26 bits per heavy atom. The molecule has 2 unspecified atom stereocenters. The SMILES string of the molecule is CCC1CN(c2ccc3c(c2)OCCO3)C(C)CN1. The van der Waals surface area contributed by atoms with Crippen molar-refractivity contribution in [3.8, 4) is 11.5 Å². The van der Waals surface area contributed by atoms with Crippen LogP contribution in [-0.4, -0.2) is 38.4 Å². The molecule has 1 aromatic carbocycles. The predicted molar refractivity (Wildman–Crippen MR) is 76.3 cm³/mol. The van der Waals surface area contributed by atoms with Crippen LogP contribution in [0.4, 0.5) is 5.69 Å². The van der Waals surface area contributed by atoms with Crippen molar-refractivity contribution in [3.05, 3.63) is 18.2 Å². The molecule has 19 heavy (non-hydrogen) atoms. The Morgan fingerprint density at radius 3 is 2.84 bits per heavy atom. The number of anilines is 1. The molecule has 2 atom stereocenters. The maximum Gasteiger partial charge on any atom is 0.163 e. The minimum absolute atomic E-state index is 0.505. The van der Waals surface area contributed by atoms with Crippen molar-refractivity contribution in [2.24, 2.45) is 0 Å². The lowest BCUT2D eigenvalue weighted by Crippen LogP contribution is -2.55. The van der Waals surface area contributed by atoms with E-state index in [1.807, 2.05) is 6.07 Å². The van der Waals surface area contributed by atoms with Crippen molar-refractivity contribution in [2.75, 3.05) is 31.2 Å². The fourth-order valence-electron chi connectivity index (χ4n) is 2.77. The number of ether oxygens (including phenoxy) is 2. The molecule has 0 aliphatic carbocycles. The first-order chi connectivity index (χ1) is 9.28. The lowest BCUT2D eigenvalue weighted by Gasteiger charge is -2.40. The molecule has 0 amide bonds. The Hall–Kier alpha value is -1.42. The van der Waals surface area contributed by atoms with Crippen LogP contribution in [0.2, 0.25) is 0 Å². The molecule has 1 saturated heterocycles. The zero-order valence-corrected chi connectivity index (χ0v) is 11.7. The van der Waals surface area contributed by atoms with Crippen LogP contribution in [0.3, 0.4) is 0 Å². The molecule has 1 N–H and O–H groups in total. The first kappa shape index (κ1) is 12.6. The first-order valence-electron chi connectivity index (χ1n) is 7.17. The molecular formula is C15H22N2O2. The Morgan fingerprint density at radius 2 is 2.05 bits per heavy atom. The molecular weight excluding hydrogens is 240 g/mol. The van der Waals surface area contributed by atoms with Gasteiger partial charge in [-0.1, -0.05) is 6.92 Å². The molecule has 3 rings (SSSR count). The summed E-state index contributed by atoms with van der Waals surface area (Å²) in [4.78, 5) is 2.46. The van der Waals surface area contributed by atoms with Gasteiger partial charge in [0.1, 0.15) is 13.2 Å². The third-order valence-electron chi connectivity index (χ3n) is 4.00. The normalized spacial score (nSPS) is 26.3. The summed E-state index contributed by atoms with van der Waals surface area (Å²) in [7, 11) is 0. The van der Waals surface area contributed by atoms with E-state index in [1.54, 1.807) is 0 Å². The van der Waals surface area contributed by atoms with Crippen molar-refractivity contribution in [2.45, 2.75) is 32.4 Å². The highest BCUT2D eigenvalue weighted by Gasteiger charge is 2.25. The Bertz CT molecular complexity index is 450. The van der Waals surface area contributed by atoms with E-state index in [1.165, 1.54) is 5.69 Å². The second kappa shape index (κ2) is 5.29. The highest BCUT2D eigenvalue weighted by atomic mass is 16.6. The quantitative estimate of drug-likeness (QED) is 0.884. The van der Waals surface area contributed by atoms with Crippen LogP contribution in [0.1, 0.15) is 20.3 Å². The number of hydrogen-bond donors (Lipinski definition) is 1. The van der Waals surface area contributed by atoms with E-state index in [0.717, 1.165) is 31.0 Å². The van der Waals surface area contributed by atoms with Crippen LogP contribution in [0.5, 0.6) is 11.5 Å². The fourth-order valence-corrected chi connectivity index (χ4v) is 2.77. The summed E-state index contributed by atoms with van der Waals surface area (Å²) in [6, 6.07) is 7.36. The van der Waals surface area contributed by atoms with Crippen molar-refractivity contribution in [3.63, 3.8) is 0 Å². The molecule has 0 spiro atoms. The summed E-state index contributed by atoms with van der Waals surface area (Å²) < 4.78 is 11.3. The van der Waals surface area contributed by atoms with Gasteiger partial charge in [0.15, 0.2) is 11.5 Å². The standard InChI is InChI=1S/C15H22N2O2/c1-3-12-10-17(11(2)9-16-12)13-4-5-14-15(8-13)19-7-6-18-14/h4-5,8,11-12,16H,3,6-7,9-10H2,1-2H3. The summed E-state index contributed by atoms with van der Waals surface area (Å²) in [5.74, 6) is 1.74. The van der Waals surface area contributed by atoms with Crippen molar-refractivity contribution < 1.29 is 9.47 Å². The fraction of sp³-hybridized carbons (Fsp3) is 0.600. The molecule has 1 fully saturated rings. The summed E-state index contributed by atoms with van der Waals surface area (Å²) in [6.07, 6.45) is 1.16. The van der Waals surface area contributed by atoms with Crippen molar-refractivity contribution >= 4 is 5.69 Å². The minimum atomic E-state index is 0.505. The summed E-state index contributed by atoms with van der Waals surface area (Å²) in [6.45, 7) is 7.87. The average molecular weight is 262 g/mol. The zero-order chi connectivity index (χ0) is 13.2. The summed E-state index contributed by atoms with van der Waals surface area (Å²) >= 11 is 0. The van der Waals surface area contributed by atoms with E-state index in [0.29, 0.717) is 25.3 Å². The van der Waals surface area contributed by atoms with E-state index < -0.39 is 0 Å². The molecule has 0 aromatic heterocycles. The monoisotopic (exact) mass is 262 g/mol. The number of fused-ring (bicyclic) bond motifs is 1. The van der Waals surface area contributed by atoms with Crippen molar-refractivity contribution in [1.29, 1.82) is 0 Å². The number of hydrogen-bond acceptors (Lipinski definition) is 4. The van der Waals surface area contributed by atoms with Gasteiger partial charge in [0.25, 0.3) is 0 Å². The smallest absolute Gasteiger partial charge is 0.163 e. The average Bonchev–Trinajstić information content (AvgIpc) is 2.47. The van der Waals surface area contributed by atoms with Crippen LogP contribution in [0.15, 0.2) is 18.2 Å². The van der Waals surface area contributed by atoms with Gasteiger partial charge in [0.2, 0.25) is 0 Å². The number of benzene rings is 1. The Labute approximate surface area is 114 Å². The topological polar surface area (TPSA) is 33.7 Å². The maximum atomic E-state index is 5.68. The lowest BCUT2D eigenvalue weighted by atomic mass is 10.1.